The lowest BCUT2D eigenvalue weighted by atomic mass is 10.00. The van der Waals surface area contributed by atoms with Gasteiger partial charge < -0.3 is 9.80 Å². The Morgan fingerprint density at radius 3 is 2.05 bits per heavy atom. The van der Waals surface area contributed by atoms with Crippen molar-refractivity contribution in [3.8, 4) is 0 Å². The summed E-state index contributed by atoms with van der Waals surface area (Å²) in [4.78, 5) is 19.3. The van der Waals surface area contributed by atoms with Crippen molar-refractivity contribution in [3.05, 3.63) is 0 Å². The van der Waals surface area contributed by atoms with E-state index in [0.29, 0.717) is 12.5 Å². The number of carbonyl (C=O) groups excluding carboxylic acids is 1. The third-order valence-corrected chi connectivity index (χ3v) is 5.28. The Kier molecular flexibility index (Phi) is 4.94. The molecule has 0 radical (unpaired) electrons. The second-order valence-electron chi connectivity index (χ2n) is 6.69. The van der Waals surface area contributed by atoms with Crippen LogP contribution in [0.3, 0.4) is 0 Å². The first-order valence-corrected chi connectivity index (χ1v) is 8.57. The lowest BCUT2D eigenvalue weighted by molar-refractivity contribution is -0.131. The minimum Gasteiger partial charge on any atom is -0.342 e. The van der Waals surface area contributed by atoms with E-state index < -0.39 is 0 Å². The zero-order chi connectivity index (χ0) is 13.8. The van der Waals surface area contributed by atoms with Gasteiger partial charge >= 0.3 is 0 Å². The molecule has 0 aromatic heterocycles. The normalized spacial score (nSPS) is 27.1. The highest BCUT2D eigenvalue weighted by Crippen LogP contribution is 2.21. The number of hydrogen-bond donors (Lipinski definition) is 0. The maximum absolute atomic E-state index is 12.2. The number of piperidine rings is 2. The van der Waals surface area contributed by atoms with Gasteiger partial charge in [0.1, 0.15) is 0 Å². The molecular formula is C16H29N3O. The molecule has 0 N–H and O–H groups in total. The van der Waals surface area contributed by atoms with E-state index in [9.17, 15) is 4.79 Å². The fourth-order valence-corrected chi connectivity index (χ4v) is 3.98. The first-order valence-electron chi connectivity index (χ1n) is 8.57. The van der Waals surface area contributed by atoms with Gasteiger partial charge in [-0.25, -0.2) is 0 Å². The van der Waals surface area contributed by atoms with Crippen LogP contribution in [0.5, 0.6) is 0 Å². The molecule has 0 spiro atoms. The molecule has 0 aliphatic carbocycles. The Bertz CT molecular complexity index is 314. The SMILES string of the molecule is O=C(CN1CCC(N2CCCCC2)CC1)N1CCCC1. The number of rotatable bonds is 3. The van der Waals surface area contributed by atoms with Crippen LogP contribution in [0.25, 0.3) is 0 Å². The number of hydrogen-bond acceptors (Lipinski definition) is 3. The number of nitrogens with zero attached hydrogens (tertiary/aromatic N) is 3. The molecule has 3 aliphatic heterocycles. The van der Waals surface area contributed by atoms with Crippen molar-refractivity contribution in [2.45, 2.75) is 51.0 Å². The smallest absolute Gasteiger partial charge is 0.236 e. The second kappa shape index (κ2) is 6.90. The fraction of sp³-hybridized carbons (Fsp3) is 0.938. The molecule has 3 fully saturated rings. The highest BCUT2D eigenvalue weighted by molar-refractivity contribution is 5.78. The lowest BCUT2D eigenvalue weighted by Gasteiger charge is -2.40. The van der Waals surface area contributed by atoms with E-state index in [-0.39, 0.29) is 0 Å². The van der Waals surface area contributed by atoms with Gasteiger partial charge in [0.2, 0.25) is 5.91 Å². The molecule has 0 unspecified atom stereocenters. The summed E-state index contributed by atoms with van der Waals surface area (Å²) in [6.07, 6.45) is 9.09. The zero-order valence-corrected chi connectivity index (χ0v) is 12.7. The van der Waals surface area contributed by atoms with E-state index in [1.165, 1.54) is 58.0 Å². The Morgan fingerprint density at radius 2 is 1.40 bits per heavy atom. The third kappa shape index (κ3) is 3.53. The van der Waals surface area contributed by atoms with E-state index in [0.717, 1.165) is 32.2 Å². The van der Waals surface area contributed by atoms with Gasteiger partial charge in [0, 0.05) is 32.2 Å². The Balaban J connectivity index is 1.40. The maximum atomic E-state index is 12.2. The molecule has 0 bridgehead atoms. The van der Waals surface area contributed by atoms with Gasteiger partial charge in [-0.05, 0) is 51.6 Å². The van der Waals surface area contributed by atoms with Crippen molar-refractivity contribution in [2.24, 2.45) is 0 Å². The molecule has 4 nitrogen and oxygen atoms in total. The van der Waals surface area contributed by atoms with Crippen LogP contribution < -0.4 is 0 Å². The highest BCUT2D eigenvalue weighted by Gasteiger charge is 2.27. The summed E-state index contributed by atoms with van der Waals surface area (Å²) >= 11 is 0. The topological polar surface area (TPSA) is 26.8 Å². The minimum atomic E-state index is 0.360. The van der Waals surface area contributed by atoms with Crippen molar-refractivity contribution < 1.29 is 4.79 Å². The van der Waals surface area contributed by atoms with Gasteiger partial charge in [-0.2, -0.15) is 0 Å². The Morgan fingerprint density at radius 1 is 0.800 bits per heavy atom. The van der Waals surface area contributed by atoms with E-state index >= 15 is 0 Å². The van der Waals surface area contributed by atoms with Gasteiger partial charge in [0.15, 0.2) is 0 Å². The van der Waals surface area contributed by atoms with E-state index in [1.54, 1.807) is 0 Å². The van der Waals surface area contributed by atoms with Crippen LogP contribution in [0, 0.1) is 0 Å². The molecule has 114 valence electrons. The first-order chi connectivity index (χ1) is 9.83. The predicted molar refractivity (Wildman–Crippen MR) is 80.7 cm³/mol. The molecule has 0 aromatic rings. The van der Waals surface area contributed by atoms with Gasteiger partial charge in [-0.15, -0.1) is 0 Å². The van der Waals surface area contributed by atoms with Crippen LogP contribution in [0.1, 0.15) is 44.9 Å². The van der Waals surface area contributed by atoms with E-state index in [4.69, 9.17) is 0 Å². The quantitative estimate of drug-likeness (QED) is 0.784. The number of likely N-dealkylation sites (tertiary alicyclic amines) is 3. The molecule has 3 saturated heterocycles. The molecule has 0 atom stereocenters. The van der Waals surface area contributed by atoms with Crippen LogP contribution in [0.2, 0.25) is 0 Å². The summed E-state index contributed by atoms with van der Waals surface area (Å²) in [7, 11) is 0. The van der Waals surface area contributed by atoms with Crippen molar-refractivity contribution >= 4 is 5.91 Å². The largest absolute Gasteiger partial charge is 0.342 e. The van der Waals surface area contributed by atoms with E-state index in [1.807, 2.05) is 0 Å². The summed E-state index contributed by atoms with van der Waals surface area (Å²) in [6, 6.07) is 0.786. The molecular weight excluding hydrogens is 250 g/mol. The molecule has 3 aliphatic rings. The average molecular weight is 279 g/mol. The van der Waals surface area contributed by atoms with E-state index in [2.05, 4.69) is 14.7 Å². The monoisotopic (exact) mass is 279 g/mol. The van der Waals surface area contributed by atoms with Crippen molar-refractivity contribution in [1.29, 1.82) is 0 Å². The summed E-state index contributed by atoms with van der Waals surface area (Å²) in [6.45, 7) is 7.47. The van der Waals surface area contributed by atoms with Gasteiger partial charge in [-0.3, -0.25) is 9.69 Å². The molecule has 3 heterocycles. The summed E-state index contributed by atoms with van der Waals surface area (Å²) < 4.78 is 0. The third-order valence-electron chi connectivity index (χ3n) is 5.28. The molecule has 20 heavy (non-hydrogen) atoms. The predicted octanol–water partition coefficient (Wildman–Crippen LogP) is 1.56. The average Bonchev–Trinajstić information content (AvgIpc) is 3.03. The molecule has 0 aromatic carbocycles. The van der Waals surface area contributed by atoms with Gasteiger partial charge in [0.25, 0.3) is 0 Å². The first kappa shape index (κ1) is 14.3. The van der Waals surface area contributed by atoms with Gasteiger partial charge in [-0.1, -0.05) is 6.42 Å². The van der Waals surface area contributed by atoms with Crippen LogP contribution in [0.15, 0.2) is 0 Å². The zero-order valence-electron chi connectivity index (χ0n) is 12.7. The molecule has 4 heteroatoms. The Labute approximate surface area is 123 Å². The molecule has 0 saturated carbocycles. The van der Waals surface area contributed by atoms with Gasteiger partial charge in [0.05, 0.1) is 6.54 Å². The molecule has 1 amide bonds. The highest BCUT2D eigenvalue weighted by atomic mass is 16.2. The van der Waals surface area contributed by atoms with Crippen molar-refractivity contribution in [1.82, 2.24) is 14.7 Å². The fourth-order valence-electron chi connectivity index (χ4n) is 3.98. The second-order valence-corrected chi connectivity index (χ2v) is 6.69. The summed E-state index contributed by atoms with van der Waals surface area (Å²) in [5.74, 6) is 0.360. The summed E-state index contributed by atoms with van der Waals surface area (Å²) in [5.41, 5.74) is 0. The van der Waals surface area contributed by atoms with Crippen molar-refractivity contribution in [3.63, 3.8) is 0 Å². The molecule has 3 rings (SSSR count). The maximum Gasteiger partial charge on any atom is 0.236 e. The minimum absolute atomic E-state index is 0.360. The standard InChI is InChI=1S/C16H29N3O/c20-16(19-10-4-5-11-19)14-17-12-6-15(7-13-17)18-8-2-1-3-9-18/h15H,1-14H2. The number of amides is 1. The van der Waals surface area contributed by atoms with Crippen LogP contribution in [-0.2, 0) is 4.79 Å². The van der Waals surface area contributed by atoms with Crippen LogP contribution in [0.4, 0.5) is 0 Å². The van der Waals surface area contributed by atoms with Crippen LogP contribution in [-0.4, -0.2) is 72.5 Å². The Hall–Kier alpha value is -0.610. The van der Waals surface area contributed by atoms with Crippen LogP contribution >= 0.6 is 0 Å². The van der Waals surface area contributed by atoms with Crippen molar-refractivity contribution in [2.75, 3.05) is 45.8 Å². The lowest BCUT2D eigenvalue weighted by Crippen LogP contribution is -2.49. The summed E-state index contributed by atoms with van der Waals surface area (Å²) in [5, 5.41) is 0. The number of carbonyl (C=O) groups is 1.